The molecule has 2 amide bonds. The maximum atomic E-state index is 12.6. The van der Waals surface area contributed by atoms with E-state index in [2.05, 4.69) is 31.7 Å². The number of amides is 2. The molecular weight excluding hydrogens is 380 g/mol. The van der Waals surface area contributed by atoms with Gasteiger partial charge in [-0.2, -0.15) is 0 Å². The van der Waals surface area contributed by atoms with Gasteiger partial charge in [0.05, 0.1) is 0 Å². The molecule has 0 aromatic carbocycles. The molecule has 2 aliphatic rings. The standard InChI is InChI=1S/C23H36N4O3/c1-22(2,3)15-20(28)27-10-9-18-17(16-27)7-8-19(24-18)25-11-13-26(14-12-25)21(29)30-23(4,5)6/h7-8H,9-16H2,1-6H3. The Balaban J connectivity index is 1.58. The number of carbonyl (C=O) groups excluding carboxylic acids is 2. The number of hydrogen-bond donors (Lipinski definition) is 0. The first kappa shape index (κ1) is 22.4. The van der Waals surface area contributed by atoms with Crippen molar-refractivity contribution >= 4 is 17.8 Å². The topological polar surface area (TPSA) is 66.0 Å². The normalized spacial score (nSPS) is 17.6. The van der Waals surface area contributed by atoms with Crippen molar-refractivity contribution in [3.63, 3.8) is 0 Å². The van der Waals surface area contributed by atoms with Crippen LogP contribution in [0.5, 0.6) is 0 Å². The van der Waals surface area contributed by atoms with E-state index in [-0.39, 0.29) is 17.4 Å². The highest BCUT2D eigenvalue weighted by Gasteiger charge is 2.28. The maximum Gasteiger partial charge on any atom is 0.410 e. The van der Waals surface area contributed by atoms with Crippen molar-refractivity contribution < 1.29 is 14.3 Å². The van der Waals surface area contributed by atoms with E-state index in [1.54, 1.807) is 4.90 Å². The van der Waals surface area contributed by atoms with E-state index >= 15 is 0 Å². The molecule has 3 heterocycles. The fourth-order valence-electron chi connectivity index (χ4n) is 3.80. The minimum Gasteiger partial charge on any atom is -0.444 e. The lowest BCUT2D eigenvalue weighted by Gasteiger charge is -2.37. The number of piperazine rings is 1. The molecule has 0 bridgehead atoms. The zero-order chi connectivity index (χ0) is 22.1. The Hall–Kier alpha value is -2.31. The first-order valence-corrected chi connectivity index (χ1v) is 10.9. The number of carbonyl (C=O) groups is 2. The molecule has 1 fully saturated rings. The lowest BCUT2D eigenvalue weighted by molar-refractivity contribution is -0.134. The molecule has 0 unspecified atom stereocenters. The predicted octanol–water partition coefficient (Wildman–Crippen LogP) is 3.46. The van der Waals surface area contributed by atoms with E-state index in [4.69, 9.17) is 9.72 Å². The maximum absolute atomic E-state index is 12.6. The van der Waals surface area contributed by atoms with Crippen molar-refractivity contribution in [2.24, 2.45) is 5.41 Å². The van der Waals surface area contributed by atoms with Crippen molar-refractivity contribution in [1.82, 2.24) is 14.8 Å². The monoisotopic (exact) mass is 416 g/mol. The van der Waals surface area contributed by atoms with Crippen molar-refractivity contribution in [3.05, 3.63) is 23.4 Å². The minimum atomic E-state index is -0.476. The van der Waals surface area contributed by atoms with Gasteiger partial charge in [0.1, 0.15) is 11.4 Å². The van der Waals surface area contributed by atoms with Crippen molar-refractivity contribution in [2.75, 3.05) is 37.6 Å². The number of aromatic nitrogens is 1. The van der Waals surface area contributed by atoms with E-state index in [1.807, 2.05) is 31.7 Å². The number of ether oxygens (including phenoxy) is 1. The molecule has 0 atom stereocenters. The summed E-state index contributed by atoms with van der Waals surface area (Å²) in [6, 6.07) is 4.15. The van der Waals surface area contributed by atoms with Crippen LogP contribution in [0.3, 0.4) is 0 Å². The fraction of sp³-hybridized carbons (Fsp3) is 0.696. The van der Waals surface area contributed by atoms with Crippen LogP contribution in [-0.2, 0) is 22.5 Å². The summed E-state index contributed by atoms with van der Waals surface area (Å²) in [5, 5.41) is 0. The van der Waals surface area contributed by atoms with Crippen LogP contribution >= 0.6 is 0 Å². The highest BCUT2D eigenvalue weighted by Crippen LogP contribution is 2.25. The van der Waals surface area contributed by atoms with Gasteiger partial charge in [-0.3, -0.25) is 4.79 Å². The first-order chi connectivity index (χ1) is 13.9. The Labute approximate surface area is 180 Å². The third-order valence-corrected chi connectivity index (χ3v) is 5.32. The molecule has 1 saturated heterocycles. The molecule has 30 heavy (non-hydrogen) atoms. The molecule has 166 valence electrons. The molecule has 3 rings (SSSR count). The summed E-state index contributed by atoms with van der Waals surface area (Å²) in [5.74, 6) is 1.17. The van der Waals surface area contributed by atoms with Crippen LogP contribution in [0, 0.1) is 5.41 Å². The van der Waals surface area contributed by atoms with Gasteiger partial charge in [0.25, 0.3) is 0 Å². The fourth-order valence-corrected chi connectivity index (χ4v) is 3.80. The number of nitrogens with zero attached hydrogens (tertiary/aromatic N) is 4. The highest BCUT2D eigenvalue weighted by molar-refractivity contribution is 5.77. The lowest BCUT2D eigenvalue weighted by atomic mass is 9.91. The third kappa shape index (κ3) is 5.86. The Morgan fingerprint density at radius 2 is 1.63 bits per heavy atom. The van der Waals surface area contributed by atoms with E-state index in [9.17, 15) is 9.59 Å². The smallest absolute Gasteiger partial charge is 0.410 e. The molecule has 1 aromatic heterocycles. The van der Waals surface area contributed by atoms with Crippen LogP contribution in [-0.4, -0.2) is 65.1 Å². The van der Waals surface area contributed by atoms with Crippen LogP contribution in [0.25, 0.3) is 0 Å². The van der Waals surface area contributed by atoms with Crippen molar-refractivity contribution in [3.8, 4) is 0 Å². The van der Waals surface area contributed by atoms with Gasteiger partial charge < -0.3 is 19.4 Å². The summed E-state index contributed by atoms with van der Waals surface area (Å²) in [4.78, 5) is 35.6. The number of anilines is 1. The second-order valence-corrected chi connectivity index (χ2v) is 10.5. The zero-order valence-electron chi connectivity index (χ0n) is 19.3. The van der Waals surface area contributed by atoms with E-state index in [1.165, 1.54) is 0 Å². The van der Waals surface area contributed by atoms with Crippen LogP contribution in [0.4, 0.5) is 10.6 Å². The summed E-state index contributed by atoms with van der Waals surface area (Å²) in [6.07, 6.45) is 1.10. The van der Waals surface area contributed by atoms with Gasteiger partial charge in [-0.25, -0.2) is 9.78 Å². The summed E-state index contributed by atoms with van der Waals surface area (Å²) in [7, 11) is 0. The average Bonchev–Trinajstić information content (AvgIpc) is 2.64. The quantitative estimate of drug-likeness (QED) is 0.739. The number of rotatable bonds is 2. The molecule has 0 radical (unpaired) electrons. The predicted molar refractivity (Wildman–Crippen MR) is 117 cm³/mol. The van der Waals surface area contributed by atoms with Crippen LogP contribution in [0.2, 0.25) is 0 Å². The average molecular weight is 417 g/mol. The first-order valence-electron chi connectivity index (χ1n) is 10.9. The molecule has 7 nitrogen and oxygen atoms in total. The van der Waals surface area contributed by atoms with Crippen LogP contribution in [0.15, 0.2) is 12.1 Å². The number of fused-ring (bicyclic) bond motifs is 1. The Morgan fingerprint density at radius 1 is 0.967 bits per heavy atom. The van der Waals surface area contributed by atoms with Gasteiger partial charge in [-0.05, 0) is 37.8 Å². The summed E-state index contributed by atoms with van der Waals surface area (Å²) < 4.78 is 5.47. The number of hydrogen-bond acceptors (Lipinski definition) is 5. The second kappa shape index (κ2) is 8.44. The molecule has 0 N–H and O–H groups in total. The van der Waals surface area contributed by atoms with Gasteiger partial charge >= 0.3 is 6.09 Å². The van der Waals surface area contributed by atoms with Crippen LogP contribution in [0.1, 0.15) is 59.2 Å². The van der Waals surface area contributed by atoms with E-state index < -0.39 is 5.60 Å². The van der Waals surface area contributed by atoms with Gasteiger partial charge in [0, 0.05) is 57.8 Å². The second-order valence-electron chi connectivity index (χ2n) is 10.5. The number of pyridine rings is 1. The summed E-state index contributed by atoms with van der Waals surface area (Å²) >= 11 is 0. The van der Waals surface area contributed by atoms with Gasteiger partial charge in [0.15, 0.2) is 0 Å². The van der Waals surface area contributed by atoms with E-state index in [0.29, 0.717) is 26.1 Å². The molecule has 0 spiro atoms. The minimum absolute atomic E-state index is 0.000910. The summed E-state index contributed by atoms with van der Waals surface area (Å²) in [5.41, 5.74) is 1.75. The van der Waals surface area contributed by atoms with Crippen molar-refractivity contribution in [2.45, 2.75) is 66.5 Å². The zero-order valence-corrected chi connectivity index (χ0v) is 19.3. The molecule has 0 saturated carbocycles. The molecular formula is C23H36N4O3. The Morgan fingerprint density at radius 3 is 2.23 bits per heavy atom. The van der Waals surface area contributed by atoms with Gasteiger partial charge in [-0.1, -0.05) is 26.8 Å². The van der Waals surface area contributed by atoms with Gasteiger partial charge in [-0.15, -0.1) is 0 Å². The van der Waals surface area contributed by atoms with Crippen molar-refractivity contribution in [1.29, 1.82) is 0 Å². The molecule has 1 aromatic rings. The third-order valence-electron chi connectivity index (χ3n) is 5.32. The molecule has 0 aliphatic carbocycles. The lowest BCUT2D eigenvalue weighted by Crippen LogP contribution is -2.50. The Bertz CT molecular complexity index is 787. The van der Waals surface area contributed by atoms with E-state index in [0.717, 1.165) is 43.1 Å². The van der Waals surface area contributed by atoms with Crippen LogP contribution < -0.4 is 4.90 Å². The largest absolute Gasteiger partial charge is 0.444 e. The molecule has 2 aliphatic heterocycles. The summed E-state index contributed by atoms with van der Waals surface area (Å²) in [6.45, 7) is 16.0. The SMILES string of the molecule is CC(C)(C)CC(=O)N1CCc2nc(N3CCN(C(=O)OC(C)(C)C)CC3)ccc2C1. The highest BCUT2D eigenvalue weighted by atomic mass is 16.6. The Kier molecular flexibility index (Phi) is 6.29. The molecule has 7 heteroatoms. The van der Waals surface area contributed by atoms with Gasteiger partial charge in [0.2, 0.25) is 5.91 Å².